The van der Waals surface area contributed by atoms with E-state index in [1.54, 1.807) is 0 Å². The van der Waals surface area contributed by atoms with Crippen LogP contribution >= 0.6 is 0 Å². The molecule has 1 aromatic carbocycles. The first-order valence-electron chi connectivity index (χ1n) is 6.13. The Morgan fingerprint density at radius 2 is 1.78 bits per heavy atom. The van der Waals surface area contributed by atoms with E-state index in [2.05, 4.69) is 55.3 Å². The number of nitrogens with two attached hydrogens (primary N) is 1. The van der Waals surface area contributed by atoms with E-state index in [1.165, 1.54) is 11.1 Å². The summed E-state index contributed by atoms with van der Waals surface area (Å²) in [6, 6.07) is 8.62. The molecule has 0 atom stereocenters. The molecule has 2 aromatic rings. The smallest absolute Gasteiger partial charge is 0.168 e. The van der Waals surface area contributed by atoms with Crippen LogP contribution in [0, 0.1) is 6.92 Å². The minimum atomic E-state index is 0.187. The molecule has 0 aliphatic rings. The summed E-state index contributed by atoms with van der Waals surface area (Å²) < 4.78 is 1.82. The Bertz CT molecular complexity index is 532. The fraction of sp³-hybridized carbons (Fsp3) is 0.429. The van der Waals surface area contributed by atoms with E-state index in [-0.39, 0.29) is 5.41 Å². The van der Waals surface area contributed by atoms with Gasteiger partial charge in [0, 0.05) is 0 Å². The van der Waals surface area contributed by atoms with Crippen LogP contribution in [0.2, 0.25) is 0 Å². The van der Waals surface area contributed by atoms with Crippen molar-refractivity contribution in [2.75, 3.05) is 5.73 Å². The van der Waals surface area contributed by atoms with Crippen LogP contribution in [-0.2, 0) is 12.0 Å². The number of nitrogen functional groups attached to an aromatic ring is 1. The molecule has 0 radical (unpaired) electrons. The number of rotatable bonds is 2. The molecule has 0 unspecified atom stereocenters. The fourth-order valence-corrected chi connectivity index (χ4v) is 1.81. The van der Waals surface area contributed by atoms with Crippen molar-refractivity contribution in [3.63, 3.8) is 0 Å². The predicted molar refractivity (Wildman–Crippen MR) is 73.4 cm³/mol. The van der Waals surface area contributed by atoms with Crippen molar-refractivity contribution in [2.24, 2.45) is 0 Å². The molecule has 0 aliphatic carbocycles. The molecule has 0 spiro atoms. The van der Waals surface area contributed by atoms with Gasteiger partial charge in [-0.1, -0.05) is 50.3 Å². The fourth-order valence-electron chi connectivity index (χ4n) is 1.81. The summed E-state index contributed by atoms with van der Waals surface area (Å²) >= 11 is 0. The van der Waals surface area contributed by atoms with Gasteiger partial charge in [-0.05, 0) is 23.5 Å². The second-order valence-electron chi connectivity index (χ2n) is 5.66. The average molecular weight is 244 g/mol. The lowest BCUT2D eigenvalue weighted by molar-refractivity contribution is 0.588. The molecule has 0 fully saturated rings. The standard InChI is InChI=1S/C14H20N4/c1-10-13(15)16-17-18(10)9-11-5-7-12(8-6-11)14(2,3)4/h5-8H,9,15H2,1-4H3. The topological polar surface area (TPSA) is 56.7 Å². The lowest BCUT2D eigenvalue weighted by Gasteiger charge is -2.19. The Morgan fingerprint density at radius 1 is 1.17 bits per heavy atom. The number of anilines is 1. The van der Waals surface area contributed by atoms with Crippen molar-refractivity contribution in [1.82, 2.24) is 15.0 Å². The maximum Gasteiger partial charge on any atom is 0.168 e. The first-order valence-corrected chi connectivity index (χ1v) is 6.13. The van der Waals surface area contributed by atoms with Gasteiger partial charge in [-0.15, -0.1) is 5.10 Å². The van der Waals surface area contributed by atoms with Gasteiger partial charge in [0.05, 0.1) is 12.2 Å². The van der Waals surface area contributed by atoms with Gasteiger partial charge in [0.1, 0.15) is 0 Å². The Kier molecular flexibility index (Phi) is 3.11. The van der Waals surface area contributed by atoms with E-state index in [4.69, 9.17) is 5.73 Å². The third kappa shape index (κ3) is 2.53. The Labute approximate surface area is 108 Å². The molecule has 0 bridgehead atoms. The van der Waals surface area contributed by atoms with Crippen LogP contribution in [0.4, 0.5) is 5.82 Å². The summed E-state index contributed by atoms with van der Waals surface area (Å²) in [5.41, 5.74) is 9.32. The number of hydrogen-bond donors (Lipinski definition) is 1. The van der Waals surface area contributed by atoms with E-state index in [0.717, 1.165) is 5.69 Å². The zero-order valence-electron chi connectivity index (χ0n) is 11.4. The zero-order chi connectivity index (χ0) is 13.3. The average Bonchev–Trinajstić information content (AvgIpc) is 2.61. The molecule has 4 nitrogen and oxygen atoms in total. The predicted octanol–water partition coefficient (Wildman–Crippen LogP) is 2.51. The van der Waals surface area contributed by atoms with Gasteiger partial charge >= 0.3 is 0 Å². The minimum absolute atomic E-state index is 0.187. The van der Waals surface area contributed by atoms with Gasteiger partial charge in [0.25, 0.3) is 0 Å². The molecule has 0 saturated heterocycles. The Morgan fingerprint density at radius 3 is 2.22 bits per heavy atom. The highest BCUT2D eigenvalue weighted by Crippen LogP contribution is 2.22. The highest BCUT2D eigenvalue weighted by molar-refractivity contribution is 5.32. The maximum atomic E-state index is 5.68. The summed E-state index contributed by atoms with van der Waals surface area (Å²) in [6.45, 7) is 9.28. The molecule has 2 N–H and O–H groups in total. The molecule has 1 heterocycles. The normalized spacial score (nSPS) is 11.8. The van der Waals surface area contributed by atoms with Gasteiger partial charge in [-0.2, -0.15) is 0 Å². The van der Waals surface area contributed by atoms with Gasteiger partial charge in [0.15, 0.2) is 5.82 Å². The van der Waals surface area contributed by atoms with E-state index in [1.807, 2.05) is 11.6 Å². The van der Waals surface area contributed by atoms with Crippen LogP contribution in [0.1, 0.15) is 37.6 Å². The van der Waals surface area contributed by atoms with Crippen molar-refractivity contribution in [3.8, 4) is 0 Å². The number of benzene rings is 1. The number of hydrogen-bond acceptors (Lipinski definition) is 3. The third-order valence-electron chi connectivity index (χ3n) is 3.17. The Balaban J connectivity index is 2.19. The molecule has 96 valence electrons. The van der Waals surface area contributed by atoms with Crippen molar-refractivity contribution in [1.29, 1.82) is 0 Å². The van der Waals surface area contributed by atoms with E-state index in [9.17, 15) is 0 Å². The summed E-state index contributed by atoms with van der Waals surface area (Å²) in [6.07, 6.45) is 0. The molecule has 0 saturated carbocycles. The lowest BCUT2D eigenvalue weighted by Crippen LogP contribution is -2.11. The highest BCUT2D eigenvalue weighted by Gasteiger charge is 2.13. The quantitative estimate of drug-likeness (QED) is 0.883. The van der Waals surface area contributed by atoms with Crippen molar-refractivity contribution >= 4 is 5.82 Å². The number of nitrogens with zero attached hydrogens (tertiary/aromatic N) is 3. The molecule has 1 aromatic heterocycles. The summed E-state index contributed by atoms with van der Waals surface area (Å²) in [4.78, 5) is 0. The van der Waals surface area contributed by atoms with Crippen LogP contribution in [0.25, 0.3) is 0 Å². The Hall–Kier alpha value is -1.84. The van der Waals surface area contributed by atoms with Crippen molar-refractivity contribution in [3.05, 3.63) is 41.1 Å². The van der Waals surface area contributed by atoms with Gasteiger partial charge in [-0.25, -0.2) is 4.68 Å². The monoisotopic (exact) mass is 244 g/mol. The minimum Gasteiger partial charge on any atom is -0.381 e. The highest BCUT2D eigenvalue weighted by atomic mass is 15.4. The largest absolute Gasteiger partial charge is 0.381 e. The van der Waals surface area contributed by atoms with E-state index in [0.29, 0.717) is 12.4 Å². The molecule has 2 rings (SSSR count). The van der Waals surface area contributed by atoms with Crippen molar-refractivity contribution < 1.29 is 0 Å². The van der Waals surface area contributed by atoms with Crippen LogP contribution in [0.3, 0.4) is 0 Å². The molecule has 4 heteroatoms. The van der Waals surface area contributed by atoms with Crippen LogP contribution in [0.5, 0.6) is 0 Å². The summed E-state index contributed by atoms with van der Waals surface area (Å²) in [7, 11) is 0. The van der Waals surface area contributed by atoms with Crippen LogP contribution in [0.15, 0.2) is 24.3 Å². The molecular weight excluding hydrogens is 224 g/mol. The molecular formula is C14H20N4. The van der Waals surface area contributed by atoms with Crippen LogP contribution in [-0.4, -0.2) is 15.0 Å². The summed E-state index contributed by atoms with van der Waals surface area (Å²) in [5, 5.41) is 7.88. The summed E-state index contributed by atoms with van der Waals surface area (Å²) in [5.74, 6) is 0.501. The number of aromatic nitrogens is 3. The second-order valence-corrected chi connectivity index (χ2v) is 5.66. The van der Waals surface area contributed by atoms with Gasteiger partial charge in [-0.3, -0.25) is 0 Å². The van der Waals surface area contributed by atoms with Crippen LogP contribution < -0.4 is 5.73 Å². The van der Waals surface area contributed by atoms with Crippen molar-refractivity contribution in [2.45, 2.75) is 39.7 Å². The molecule has 18 heavy (non-hydrogen) atoms. The SMILES string of the molecule is Cc1c(N)nnn1Cc1ccc(C(C)(C)C)cc1. The zero-order valence-corrected chi connectivity index (χ0v) is 11.4. The molecule has 0 amide bonds. The van der Waals surface area contributed by atoms with E-state index >= 15 is 0 Å². The first-order chi connectivity index (χ1) is 8.38. The van der Waals surface area contributed by atoms with E-state index < -0.39 is 0 Å². The molecule has 0 aliphatic heterocycles. The second kappa shape index (κ2) is 4.44. The van der Waals surface area contributed by atoms with Gasteiger partial charge in [0.2, 0.25) is 0 Å². The first kappa shape index (κ1) is 12.6. The lowest BCUT2D eigenvalue weighted by atomic mass is 9.87. The van der Waals surface area contributed by atoms with Gasteiger partial charge < -0.3 is 5.73 Å². The third-order valence-corrected chi connectivity index (χ3v) is 3.17. The maximum absolute atomic E-state index is 5.68.